The number of hydrogen-bond donors (Lipinski definition) is 1. The predicted octanol–water partition coefficient (Wildman–Crippen LogP) is 2.46. The third kappa shape index (κ3) is 3.38. The van der Waals surface area contributed by atoms with Gasteiger partial charge >= 0.3 is 0 Å². The van der Waals surface area contributed by atoms with Crippen molar-refractivity contribution in [3.63, 3.8) is 0 Å². The van der Waals surface area contributed by atoms with Crippen molar-refractivity contribution in [3.8, 4) is 0 Å². The van der Waals surface area contributed by atoms with Crippen LogP contribution in [0.25, 0.3) is 15.9 Å². The van der Waals surface area contributed by atoms with Gasteiger partial charge in [-0.2, -0.15) is 0 Å². The molecule has 0 saturated carbocycles. The Hall–Kier alpha value is -2.93. The zero-order valence-corrected chi connectivity index (χ0v) is 16.0. The summed E-state index contributed by atoms with van der Waals surface area (Å²) in [5.74, 6) is -0.0211. The number of para-hydroxylation sites is 1. The third-order valence-corrected chi connectivity index (χ3v) is 5.51. The van der Waals surface area contributed by atoms with Gasteiger partial charge < -0.3 is 9.88 Å². The average Bonchev–Trinajstić information content (AvgIpc) is 3.17. The smallest absolute Gasteiger partial charge is 0.258 e. The number of rotatable bonds is 5. The number of fused-ring (bicyclic) bond motifs is 2. The van der Waals surface area contributed by atoms with E-state index in [0.29, 0.717) is 24.3 Å². The molecule has 4 rings (SSSR count). The molecule has 0 aliphatic carbocycles. The van der Waals surface area contributed by atoms with Crippen LogP contribution in [0.4, 0.5) is 0 Å². The van der Waals surface area contributed by atoms with E-state index in [0.717, 1.165) is 27.9 Å². The molecule has 1 amide bonds. The Labute approximate surface area is 160 Å². The van der Waals surface area contributed by atoms with Gasteiger partial charge in [0.15, 0.2) is 4.96 Å². The normalized spacial score (nSPS) is 11.3. The molecule has 0 aliphatic heterocycles. The maximum absolute atomic E-state index is 12.4. The van der Waals surface area contributed by atoms with Gasteiger partial charge in [0.05, 0.1) is 6.42 Å². The summed E-state index contributed by atoms with van der Waals surface area (Å²) < 4.78 is 3.66. The summed E-state index contributed by atoms with van der Waals surface area (Å²) in [5, 5.41) is 5.99. The van der Waals surface area contributed by atoms with E-state index in [2.05, 4.69) is 10.3 Å². The molecular weight excluding hydrogens is 360 g/mol. The van der Waals surface area contributed by atoms with E-state index in [4.69, 9.17) is 0 Å². The fourth-order valence-corrected chi connectivity index (χ4v) is 4.36. The van der Waals surface area contributed by atoms with Gasteiger partial charge in [0.2, 0.25) is 5.91 Å². The monoisotopic (exact) mass is 380 g/mol. The molecule has 7 heteroatoms. The van der Waals surface area contributed by atoms with Crippen LogP contribution in [-0.2, 0) is 24.7 Å². The molecule has 0 atom stereocenters. The molecule has 3 aromatic heterocycles. The number of nitrogens with one attached hydrogen (secondary N) is 1. The summed E-state index contributed by atoms with van der Waals surface area (Å²) in [6, 6.07) is 9.60. The first-order valence-electron chi connectivity index (χ1n) is 8.79. The van der Waals surface area contributed by atoms with E-state index < -0.39 is 0 Å². The van der Waals surface area contributed by atoms with Crippen molar-refractivity contribution in [2.24, 2.45) is 7.05 Å². The number of benzene rings is 1. The number of carbonyl (C=O) groups is 1. The van der Waals surface area contributed by atoms with Gasteiger partial charge in [-0.05, 0) is 18.6 Å². The summed E-state index contributed by atoms with van der Waals surface area (Å²) in [6.07, 6.45) is 2.93. The average molecular weight is 380 g/mol. The first kappa shape index (κ1) is 17.5. The van der Waals surface area contributed by atoms with E-state index in [1.165, 1.54) is 17.4 Å². The number of amides is 1. The number of thiazole rings is 1. The van der Waals surface area contributed by atoms with Crippen LogP contribution in [0.1, 0.15) is 17.0 Å². The summed E-state index contributed by atoms with van der Waals surface area (Å²) in [5.41, 5.74) is 3.65. The van der Waals surface area contributed by atoms with Crippen LogP contribution >= 0.6 is 11.3 Å². The van der Waals surface area contributed by atoms with Crippen LogP contribution in [0, 0.1) is 6.92 Å². The standard InChI is InChI=1S/C20H20N4O2S/c1-13-9-19(26)24-15(12-27-20(24)22-13)7-8-21-18(25)10-14-11-23(2)17-6-4-3-5-16(14)17/h3-6,9,11-12H,7-8,10H2,1-2H3,(H,21,25). The largest absolute Gasteiger partial charge is 0.355 e. The molecule has 0 aliphatic rings. The van der Waals surface area contributed by atoms with Crippen molar-refractivity contribution in [2.75, 3.05) is 6.54 Å². The van der Waals surface area contributed by atoms with Gasteiger partial charge in [-0.25, -0.2) is 4.98 Å². The molecule has 138 valence electrons. The van der Waals surface area contributed by atoms with Crippen LogP contribution in [0.15, 0.2) is 46.7 Å². The molecule has 0 unspecified atom stereocenters. The van der Waals surface area contributed by atoms with Crippen LogP contribution < -0.4 is 10.9 Å². The molecule has 0 bridgehead atoms. The van der Waals surface area contributed by atoms with Gasteiger partial charge in [-0.15, -0.1) is 11.3 Å². The Balaban J connectivity index is 1.42. The zero-order chi connectivity index (χ0) is 19.0. The summed E-state index contributed by atoms with van der Waals surface area (Å²) in [7, 11) is 1.99. The molecule has 0 fully saturated rings. The number of carbonyl (C=O) groups excluding carboxylic acids is 1. The van der Waals surface area contributed by atoms with Crippen molar-refractivity contribution in [1.29, 1.82) is 0 Å². The molecule has 1 aromatic carbocycles. The Bertz CT molecular complexity index is 1200. The zero-order valence-electron chi connectivity index (χ0n) is 15.2. The van der Waals surface area contributed by atoms with Crippen LogP contribution in [-0.4, -0.2) is 26.4 Å². The highest BCUT2D eigenvalue weighted by Gasteiger charge is 2.11. The molecule has 3 heterocycles. The molecule has 0 radical (unpaired) electrons. The molecule has 0 saturated heterocycles. The predicted molar refractivity (Wildman–Crippen MR) is 107 cm³/mol. The van der Waals surface area contributed by atoms with Gasteiger partial charge in [0, 0.05) is 59.9 Å². The van der Waals surface area contributed by atoms with E-state index in [-0.39, 0.29) is 11.5 Å². The lowest BCUT2D eigenvalue weighted by Crippen LogP contribution is -2.28. The van der Waals surface area contributed by atoms with Gasteiger partial charge in [0.1, 0.15) is 0 Å². The fourth-order valence-electron chi connectivity index (χ4n) is 3.39. The van der Waals surface area contributed by atoms with Crippen molar-refractivity contribution in [1.82, 2.24) is 19.3 Å². The number of hydrogen-bond acceptors (Lipinski definition) is 4. The highest BCUT2D eigenvalue weighted by molar-refractivity contribution is 7.15. The second-order valence-electron chi connectivity index (χ2n) is 6.64. The first-order valence-corrected chi connectivity index (χ1v) is 9.67. The van der Waals surface area contributed by atoms with E-state index in [1.807, 2.05) is 54.4 Å². The topological polar surface area (TPSA) is 68.4 Å². The molecule has 1 N–H and O–H groups in total. The lowest BCUT2D eigenvalue weighted by atomic mass is 10.1. The number of nitrogens with zero attached hydrogens (tertiary/aromatic N) is 3. The fraction of sp³-hybridized carbons (Fsp3) is 0.250. The lowest BCUT2D eigenvalue weighted by Gasteiger charge is -2.05. The van der Waals surface area contributed by atoms with E-state index in [9.17, 15) is 9.59 Å². The van der Waals surface area contributed by atoms with Crippen molar-refractivity contribution in [2.45, 2.75) is 19.8 Å². The minimum atomic E-state index is -0.0733. The van der Waals surface area contributed by atoms with Crippen molar-refractivity contribution in [3.05, 3.63) is 69.2 Å². The maximum atomic E-state index is 12.4. The summed E-state index contributed by atoms with van der Waals surface area (Å²) in [4.78, 5) is 29.6. The highest BCUT2D eigenvalue weighted by atomic mass is 32.1. The molecular formula is C20H20N4O2S. The van der Waals surface area contributed by atoms with Gasteiger partial charge in [-0.3, -0.25) is 14.0 Å². The third-order valence-electron chi connectivity index (χ3n) is 4.64. The Morgan fingerprint density at radius 3 is 2.96 bits per heavy atom. The minimum absolute atomic E-state index is 0.0211. The second kappa shape index (κ2) is 7.00. The number of aryl methyl sites for hydroxylation is 2. The summed E-state index contributed by atoms with van der Waals surface area (Å²) >= 11 is 1.44. The van der Waals surface area contributed by atoms with Crippen molar-refractivity contribution < 1.29 is 4.79 Å². The highest BCUT2D eigenvalue weighted by Crippen LogP contribution is 2.20. The maximum Gasteiger partial charge on any atom is 0.258 e. The minimum Gasteiger partial charge on any atom is -0.355 e. The lowest BCUT2D eigenvalue weighted by molar-refractivity contribution is -0.120. The second-order valence-corrected chi connectivity index (χ2v) is 7.48. The van der Waals surface area contributed by atoms with Crippen LogP contribution in [0.3, 0.4) is 0 Å². The molecule has 6 nitrogen and oxygen atoms in total. The first-order chi connectivity index (χ1) is 13.0. The van der Waals surface area contributed by atoms with Crippen LogP contribution in [0.5, 0.6) is 0 Å². The Kier molecular flexibility index (Phi) is 4.53. The molecule has 4 aromatic rings. The Morgan fingerprint density at radius 1 is 1.30 bits per heavy atom. The van der Waals surface area contributed by atoms with Crippen molar-refractivity contribution >= 4 is 33.1 Å². The van der Waals surface area contributed by atoms with Gasteiger partial charge in [0.25, 0.3) is 5.56 Å². The summed E-state index contributed by atoms with van der Waals surface area (Å²) in [6.45, 7) is 2.30. The van der Waals surface area contributed by atoms with Crippen LogP contribution in [0.2, 0.25) is 0 Å². The van der Waals surface area contributed by atoms with E-state index in [1.54, 1.807) is 4.40 Å². The SMILES string of the molecule is Cc1cc(=O)n2c(CCNC(=O)Cc3cn(C)c4ccccc34)csc2n1. The van der Waals surface area contributed by atoms with E-state index >= 15 is 0 Å². The quantitative estimate of drug-likeness (QED) is 0.578. The molecule has 27 heavy (non-hydrogen) atoms. The molecule has 0 spiro atoms. The number of aromatic nitrogens is 3. The van der Waals surface area contributed by atoms with Gasteiger partial charge in [-0.1, -0.05) is 18.2 Å². The Morgan fingerprint density at radius 2 is 2.11 bits per heavy atom.